The quantitative estimate of drug-likeness (QED) is 0.470. The minimum atomic E-state index is -0.470. The summed E-state index contributed by atoms with van der Waals surface area (Å²) in [5.74, 6) is 0.00571. The maximum Gasteiger partial charge on any atom is 0.228 e. The molecule has 4 unspecified atom stereocenters. The van der Waals surface area contributed by atoms with Crippen molar-refractivity contribution in [2.45, 2.75) is 56.5 Å². The third-order valence-electron chi connectivity index (χ3n) is 3.37. The first-order chi connectivity index (χ1) is 7.20. The zero-order chi connectivity index (χ0) is 11.3. The van der Waals surface area contributed by atoms with Gasteiger partial charge < -0.3 is 16.9 Å². The van der Waals surface area contributed by atoms with Crippen LogP contribution in [-0.2, 0) is 32.7 Å². The Morgan fingerprint density at radius 3 is 2.62 bits per heavy atom. The van der Waals surface area contributed by atoms with Crippen LogP contribution in [0.25, 0.3) is 4.85 Å². The van der Waals surface area contributed by atoms with E-state index >= 15 is 0 Å². The summed E-state index contributed by atoms with van der Waals surface area (Å²) in [6.07, 6.45) is 5.46. The van der Waals surface area contributed by atoms with Crippen molar-refractivity contribution in [3.8, 4) is 0 Å². The van der Waals surface area contributed by atoms with Crippen molar-refractivity contribution in [3.05, 3.63) is 18.3 Å². The molecule has 0 heterocycles. The average molecular weight is 293 g/mol. The van der Waals surface area contributed by atoms with Crippen molar-refractivity contribution in [2.75, 3.05) is 0 Å². The van der Waals surface area contributed by atoms with E-state index in [0.717, 1.165) is 32.1 Å². The molecule has 0 amide bonds. The van der Waals surface area contributed by atoms with Crippen molar-refractivity contribution in [2.24, 2.45) is 5.92 Å². The topological polar surface area (TPSA) is 24.6 Å². The van der Waals surface area contributed by atoms with E-state index in [1.54, 1.807) is 0 Å². The van der Waals surface area contributed by atoms with Gasteiger partial charge in [-0.05, 0) is 12.2 Å². The van der Waals surface area contributed by atoms with E-state index in [9.17, 15) is 5.11 Å². The number of unbranched alkanes of at least 4 members (excludes halogenated alkanes) is 3. The summed E-state index contributed by atoms with van der Waals surface area (Å²) in [5, 5.41) is 9.59. The number of aliphatic hydroxyl groups excluding tert-OH is 1. The van der Waals surface area contributed by atoms with Crippen LogP contribution in [0.2, 0.25) is 5.82 Å². The fourth-order valence-electron chi connectivity index (χ4n) is 2.39. The van der Waals surface area contributed by atoms with Crippen LogP contribution >= 0.6 is 0 Å². The van der Waals surface area contributed by atoms with Crippen LogP contribution in [0.5, 0.6) is 0 Å². The van der Waals surface area contributed by atoms with Crippen molar-refractivity contribution in [3.63, 3.8) is 0 Å². The summed E-state index contributed by atoms with van der Waals surface area (Å²) in [6.45, 7) is 10.9. The molecule has 2 nitrogen and oxygen atoms in total. The summed E-state index contributed by atoms with van der Waals surface area (Å²) in [6, 6.07) is -0.0604. The molecule has 0 aliphatic heterocycles. The van der Waals surface area contributed by atoms with Gasteiger partial charge in [-0.3, -0.25) is 0 Å². The number of rotatable bonds is 5. The molecule has 0 saturated heterocycles. The monoisotopic (exact) mass is 293 g/mol. The molecule has 1 fully saturated rings. The Hall–Kier alpha value is 0.619. The Bertz CT molecular complexity index is 232. The second kappa shape index (κ2) is 8.67. The maximum absolute atomic E-state index is 9.59. The first kappa shape index (κ1) is 16.6. The summed E-state index contributed by atoms with van der Waals surface area (Å²) >= 11 is 0. The third-order valence-corrected chi connectivity index (χ3v) is 3.37. The zero-order valence-corrected chi connectivity index (χ0v) is 12.6. The van der Waals surface area contributed by atoms with Crippen molar-refractivity contribution in [1.29, 1.82) is 0 Å². The molecule has 0 aromatic carbocycles. The molecule has 3 radical (unpaired) electrons. The minimum absolute atomic E-state index is 0. The third kappa shape index (κ3) is 4.47. The van der Waals surface area contributed by atoms with Crippen LogP contribution in [-0.4, -0.2) is 25.1 Å². The second-order valence-corrected chi connectivity index (χ2v) is 4.44. The molecule has 0 aromatic rings. The number of aliphatic hydroxyl groups is 1. The van der Waals surface area contributed by atoms with Gasteiger partial charge in [0.25, 0.3) is 0 Å². The summed E-state index contributed by atoms with van der Waals surface area (Å²) in [4.78, 5) is 3.57. The predicted molar refractivity (Wildman–Crippen MR) is 62.4 cm³/mol. The van der Waals surface area contributed by atoms with Gasteiger partial charge in [0.15, 0.2) is 0 Å². The van der Waals surface area contributed by atoms with E-state index in [2.05, 4.69) is 11.8 Å². The molecule has 85 valence electrons. The first-order valence-corrected chi connectivity index (χ1v) is 5.80. The average Bonchev–Trinajstić information content (AvgIpc) is 2.51. The molecular formula is C12H19BNOY-. The molecule has 1 aliphatic carbocycles. The Labute approximate surface area is 126 Å². The van der Waals surface area contributed by atoms with Crippen molar-refractivity contribution in [1.82, 2.24) is 0 Å². The largest absolute Gasteiger partial charge is 0.393 e. The fraction of sp³-hybridized carbons (Fsp3) is 0.833. The van der Waals surface area contributed by atoms with E-state index in [1.807, 2.05) is 0 Å². The van der Waals surface area contributed by atoms with Crippen LogP contribution < -0.4 is 0 Å². The van der Waals surface area contributed by atoms with Gasteiger partial charge in [0.1, 0.15) is 0 Å². The van der Waals surface area contributed by atoms with Crippen molar-refractivity contribution >= 4 is 7.85 Å². The van der Waals surface area contributed by atoms with Gasteiger partial charge in [0, 0.05) is 45.0 Å². The zero-order valence-electron chi connectivity index (χ0n) is 9.81. The van der Waals surface area contributed by atoms with Crippen LogP contribution in [0.3, 0.4) is 0 Å². The van der Waals surface area contributed by atoms with Gasteiger partial charge in [-0.2, -0.15) is 6.42 Å². The van der Waals surface area contributed by atoms with Gasteiger partial charge in [-0.1, -0.05) is 19.3 Å². The summed E-state index contributed by atoms with van der Waals surface area (Å²) < 4.78 is 0. The molecule has 0 bridgehead atoms. The van der Waals surface area contributed by atoms with Gasteiger partial charge >= 0.3 is 0 Å². The molecular weight excluding hydrogens is 274 g/mol. The molecule has 1 saturated carbocycles. The van der Waals surface area contributed by atoms with E-state index in [-0.39, 0.29) is 50.5 Å². The van der Waals surface area contributed by atoms with E-state index in [1.165, 1.54) is 0 Å². The molecule has 1 rings (SSSR count). The SMILES string of the molecule is [B]C1C(O)CC([N+]#[C-])C1CCCCC[CH2-].[Y]. The fourth-order valence-corrected chi connectivity index (χ4v) is 2.39. The van der Waals surface area contributed by atoms with Gasteiger partial charge in [-0.25, -0.2) is 6.57 Å². The molecule has 4 atom stereocenters. The number of nitrogens with zero attached hydrogens (tertiary/aromatic N) is 1. The molecule has 16 heavy (non-hydrogen) atoms. The van der Waals surface area contributed by atoms with Gasteiger partial charge in [0.2, 0.25) is 6.04 Å². The number of hydrogen-bond donors (Lipinski definition) is 1. The van der Waals surface area contributed by atoms with Crippen LogP contribution in [0.4, 0.5) is 0 Å². The molecule has 0 spiro atoms. The minimum Gasteiger partial charge on any atom is -0.393 e. The summed E-state index contributed by atoms with van der Waals surface area (Å²) in [5.41, 5.74) is 0. The Balaban J connectivity index is 0.00000225. The second-order valence-electron chi connectivity index (χ2n) is 4.44. The molecule has 1 N–H and O–H groups in total. The smallest absolute Gasteiger partial charge is 0.228 e. The Morgan fingerprint density at radius 1 is 1.38 bits per heavy atom. The van der Waals surface area contributed by atoms with Gasteiger partial charge in [-0.15, -0.1) is 0 Å². The predicted octanol–water partition coefficient (Wildman–Crippen LogP) is 2.39. The first-order valence-electron chi connectivity index (χ1n) is 5.80. The van der Waals surface area contributed by atoms with Crippen LogP contribution in [0.15, 0.2) is 0 Å². The molecule has 4 heteroatoms. The maximum atomic E-state index is 9.59. The molecule has 0 aromatic heterocycles. The van der Waals surface area contributed by atoms with E-state index < -0.39 is 6.10 Å². The standard InChI is InChI=1S/C12H19BNO.Y/c1-3-4-5-6-7-9-10(14-2)8-11(15)12(9)13;/h9-12,15H,1,3-8H2;/q-1;. The van der Waals surface area contributed by atoms with E-state index in [0.29, 0.717) is 6.42 Å². The Morgan fingerprint density at radius 2 is 2.06 bits per heavy atom. The van der Waals surface area contributed by atoms with Crippen molar-refractivity contribution < 1.29 is 37.8 Å². The van der Waals surface area contributed by atoms with E-state index in [4.69, 9.17) is 14.4 Å². The normalized spacial score (nSPS) is 33.1. The summed E-state index contributed by atoms with van der Waals surface area (Å²) in [7, 11) is 5.90. The Kier molecular flexibility index (Phi) is 9.01. The van der Waals surface area contributed by atoms with Crippen LogP contribution in [0.1, 0.15) is 38.5 Å². The number of hydrogen-bond acceptors (Lipinski definition) is 1. The molecule has 1 aliphatic rings. The van der Waals surface area contributed by atoms with Gasteiger partial charge in [0.05, 0.1) is 14.0 Å². The van der Waals surface area contributed by atoms with Crippen LogP contribution in [0, 0.1) is 19.4 Å².